The highest BCUT2D eigenvalue weighted by Crippen LogP contribution is 2.23. The fourth-order valence-electron chi connectivity index (χ4n) is 2.81. The second kappa shape index (κ2) is 10.4. The second-order valence-corrected chi connectivity index (χ2v) is 6.77. The van der Waals surface area contributed by atoms with Crippen LogP contribution in [0.4, 0.5) is 11.4 Å². The molecule has 5 nitrogen and oxygen atoms in total. The maximum Gasteiger partial charge on any atom is 0.253 e. The molecule has 2 aromatic rings. The molecule has 144 valence electrons. The summed E-state index contributed by atoms with van der Waals surface area (Å²) in [6.45, 7) is 2.61. The van der Waals surface area contributed by atoms with Gasteiger partial charge in [-0.15, -0.1) is 0 Å². The first-order valence-corrected chi connectivity index (χ1v) is 9.44. The first kappa shape index (κ1) is 20.5. The van der Waals surface area contributed by atoms with Crippen LogP contribution >= 0.6 is 0 Å². The number of hydrogen-bond donors (Lipinski definition) is 2. The predicted molar refractivity (Wildman–Crippen MR) is 111 cm³/mol. The third-order valence-electron chi connectivity index (χ3n) is 4.31. The Morgan fingerprint density at radius 3 is 2.44 bits per heavy atom. The van der Waals surface area contributed by atoms with Crippen molar-refractivity contribution in [3.63, 3.8) is 0 Å². The fraction of sp³-hybridized carbons (Fsp3) is 0.364. The Balaban J connectivity index is 2.06. The number of benzene rings is 2. The Bertz CT molecular complexity index is 757. The molecule has 2 aromatic carbocycles. The van der Waals surface area contributed by atoms with Gasteiger partial charge in [-0.05, 0) is 36.6 Å². The largest absolute Gasteiger partial charge is 0.377 e. The minimum absolute atomic E-state index is 0.0233. The Hall–Kier alpha value is -2.82. The Morgan fingerprint density at radius 2 is 1.78 bits per heavy atom. The molecule has 0 spiro atoms. The SMILES string of the molecule is CCCCC(=O)Nc1ccc(N(C)C)c(C(=O)NCCc2ccccc2)c1. The number of hydrogen-bond acceptors (Lipinski definition) is 3. The molecule has 0 fully saturated rings. The molecule has 0 saturated heterocycles. The molecule has 0 aliphatic heterocycles. The fourth-order valence-corrected chi connectivity index (χ4v) is 2.81. The topological polar surface area (TPSA) is 61.4 Å². The highest BCUT2D eigenvalue weighted by Gasteiger charge is 2.14. The normalized spacial score (nSPS) is 10.3. The lowest BCUT2D eigenvalue weighted by Gasteiger charge is -2.18. The van der Waals surface area contributed by atoms with E-state index in [1.54, 1.807) is 6.07 Å². The van der Waals surface area contributed by atoms with Crippen molar-refractivity contribution in [1.82, 2.24) is 5.32 Å². The molecule has 0 saturated carbocycles. The third-order valence-corrected chi connectivity index (χ3v) is 4.31. The van der Waals surface area contributed by atoms with Crippen LogP contribution in [-0.4, -0.2) is 32.5 Å². The van der Waals surface area contributed by atoms with Crippen molar-refractivity contribution in [2.45, 2.75) is 32.6 Å². The number of amides is 2. The van der Waals surface area contributed by atoms with Crippen molar-refractivity contribution in [1.29, 1.82) is 0 Å². The smallest absolute Gasteiger partial charge is 0.253 e. The Morgan fingerprint density at radius 1 is 1.04 bits per heavy atom. The van der Waals surface area contributed by atoms with Crippen molar-refractivity contribution in [3.05, 3.63) is 59.7 Å². The number of nitrogens with zero attached hydrogens (tertiary/aromatic N) is 1. The average molecular weight is 367 g/mol. The van der Waals surface area contributed by atoms with E-state index in [9.17, 15) is 9.59 Å². The van der Waals surface area contributed by atoms with Gasteiger partial charge in [-0.2, -0.15) is 0 Å². The number of anilines is 2. The quantitative estimate of drug-likeness (QED) is 0.708. The summed E-state index contributed by atoms with van der Waals surface area (Å²) < 4.78 is 0. The summed E-state index contributed by atoms with van der Waals surface area (Å²) in [6, 6.07) is 15.5. The van der Waals surface area contributed by atoms with Gasteiger partial charge in [0.15, 0.2) is 0 Å². The molecule has 2 rings (SSSR count). The van der Waals surface area contributed by atoms with Gasteiger partial charge in [-0.1, -0.05) is 43.7 Å². The molecule has 0 aliphatic rings. The van der Waals surface area contributed by atoms with Gasteiger partial charge in [0, 0.05) is 38.4 Å². The summed E-state index contributed by atoms with van der Waals surface area (Å²) >= 11 is 0. The van der Waals surface area contributed by atoms with Crippen LogP contribution in [0.1, 0.15) is 42.1 Å². The molecule has 0 aromatic heterocycles. The lowest BCUT2D eigenvalue weighted by atomic mass is 10.1. The van der Waals surface area contributed by atoms with Gasteiger partial charge in [0.25, 0.3) is 5.91 Å². The molecule has 0 radical (unpaired) electrons. The minimum Gasteiger partial charge on any atom is -0.377 e. The zero-order chi connectivity index (χ0) is 19.6. The Kier molecular flexibility index (Phi) is 7.86. The number of carbonyl (C=O) groups excluding carboxylic acids is 2. The average Bonchev–Trinajstić information content (AvgIpc) is 2.67. The van der Waals surface area contributed by atoms with E-state index in [0.717, 1.165) is 24.9 Å². The summed E-state index contributed by atoms with van der Waals surface area (Å²) in [7, 11) is 3.80. The van der Waals surface area contributed by atoms with Crippen LogP contribution in [0.3, 0.4) is 0 Å². The number of carbonyl (C=O) groups is 2. The summed E-state index contributed by atoms with van der Waals surface area (Å²) in [5.41, 5.74) is 3.21. The molecule has 0 heterocycles. The minimum atomic E-state index is -0.140. The third kappa shape index (κ3) is 6.44. The summed E-state index contributed by atoms with van der Waals surface area (Å²) in [5.74, 6) is -0.163. The molecular weight excluding hydrogens is 338 g/mol. The van der Waals surface area contributed by atoms with E-state index in [4.69, 9.17) is 0 Å². The van der Waals surface area contributed by atoms with Crippen molar-refractivity contribution in [2.24, 2.45) is 0 Å². The Labute approximate surface area is 161 Å². The van der Waals surface area contributed by atoms with E-state index in [0.29, 0.717) is 24.2 Å². The lowest BCUT2D eigenvalue weighted by Crippen LogP contribution is -2.28. The van der Waals surface area contributed by atoms with Gasteiger partial charge in [-0.25, -0.2) is 0 Å². The van der Waals surface area contributed by atoms with E-state index >= 15 is 0 Å². The van der Waals surface area contributed by atoms with Crippen LogP contribution in [0.15, 0.2) is 48.5 Å². The monoisotopic (exact) mass is 367 g/mol. The molecule has 0 bridgehead atoms. The van der Waals surface area contributed by atoms with E-state index in [1.165, 1.54) is 5.56 Å². The van der Waals surface area contributed by atoms with Gasteiger partial charge >= 0.3 is 0 Å². The molecular formula is C22H29N3O2. The molecule has 0 aliphatic carbocycles. The standard InChI is InChI=1S/C22H29N3O2/c1-4-5-11-21(26)24-18-12-13-20(25(2)3)19(16-18)22(27)23-15-14-17-9-7-6-8-10-17/h6-10,12-13,16H,4-5,11,14-15H2,1-3H3,(H,23,27)(H,24,26). The molecule has 2 N–H and O–H groups in total. The van der Waals surface area contributed by atoms with Crippen molar-refractivity contribution < 1.29 is 9.59 Å². The maximum atomic E-state index is 12.7. The van der Waals surface area contributed by atoms with Crippen LogP contribution < -0.4 is 15.5 Å². The highest BCUT2D eigenvalue weighted by atomic mass is 16.2. The molecule has 2 amide bonds. The zero-order valence-electron chi connectivity index (χ0n) is 16.4. The number of nitrogens with one attached hydrogen (secondary N) is 2. The summed E-state index contributed by atoms with van der Waals surface area (Å²) in [4.78, 5) is 26.6. The van der Waals surface area contributed by atoms with E-state index in [2.05, 4.69) is 17.6 Å². The number of unbranched alkanes of at least 4 members (excludes halogenated alkanes) is 1. The summed E-state index contributed by atoms with van der Waals surface area (Å²) in [5, 5.41) is 5.86. The molecule has 27 heavy (non-hydrogen) atoms. The predicted octanol–water partition coefficient (Wildman–Crippen LogP) is 3.85. The molecule has 0 atom stereocenters. The van der Waals surface area contributed by atoms with Crippen molar-refractivity contribution >= 4 is 23.2 Å². The van der Waals surface area contributed by atoms with Crippen LogP contribution in [0, 0.1) is 0 Å². The second-order valence-electron chi connectivity index (χ2n) is 6.77. The van der Waals surface area contributed by atoms with Gasteiger partial charge < -0.3 is 15.5 Å². The first-order chi connectivity index (χ1) is 13.0. The van der Waals surface area contributed by atoms with Gasteiger partial charge in [0.1, 0.15) is 0 Å². The van der Waals surface area contributed by atoms with Crippen LogP contribution in [0.25, 0.3) is 0 Å². The van der Waals surface area contributed by atoms with Crippen molar-refractivity contribution in [2.75, 3.05) is 30.9 Å². The number of rotatable bonds is 9. The van der Waals surface area contributed by atoms with Crippen LogP contribution in [0.5, 0.6) is 0 Å². The highest BCUT2D eigenvalue weighted by molar-refractivity contribution is 6.02. The maximum absolute atomic E-state index is 12.7. The van der Waals surface area contributed by atoms with E-state index in [-0.39, 0.29) is 11.8 Å². The van der Waals surface area contributed by atoms with Gasteiger partial charge in [0.05, 0.1) is 5.56 Å². The molecule has 0 unspecified atom stereocenters. The van der Waals surface area contributed by atoms with Crippen molar-refractivity contribution in [3.8, 4) is 0 Å². The van der Waals surface area contributed by atoms with Gasteiger partial charge in [0.2, 0.25) is 5.91 Å². The van der Waals surface area contributed by atoms with E-state index in [1.807, 2.05) is 61.5 Å². The summed E-state index contributed by atoms with van der Waals surface area (Å²) in [6.07, 6.45) is 3.10. The van der Waals surface area contributed by atoms with Crippen LogP contribution in [0.2, 0.25) is 0 Å². The molecule has 5 heteroatoms. The van der Waals surface area contributed by atoms with E-state index < -0.39 is 0 Å². The lowest BCUT2D eigenvalue weighted by molar-refractivity contribution is -0.116. The first-order valence-electron chi connectivity index (χ1n) is 9.44. The zero-order valence-corrected chi connectivity index (χ0v) is 16.4. The van der Waals surface area contributed by atoms with Gasteiger partial charge in [-0.3, -0.25) is 9.59 Å². The van der Waals surface area contributed by atoms with Crippen LogP contribution in [-0.2, 0) is 11.2 Å².